The molecule has 2 atom stereocenters. The van der Waals surface area contributed by atoms with Crippen LogP contribution >= 0.6 is 15.9 Å². The van der Waals surface area contributed by atoms with Crippen LogP contribution in [0.2, 0.25) is 0 Å². The molecule has 0 spiro atoms. The van der Waals surface area contributed by atoms with E-state index >= 15 is 0 Å². The molecular weight excluding hydrogens is 258 g/mol. The maximum atomic E-state index is 11.1. The molecule has 0 fully saturated rings. The summed E-state index contributed by atoms with van der Waals surface area (Å²) in [5.41, 5.74) is 7.80. The average molecular weight is 270 g/mol. The van der Waals surface area contributed by atoms with Crippen molar-refractivity contribution < 1.29 is 9.90 Å². The number of carboxylic acids is 1. The molecule has 2 unspecified atom stereocenters. The Kier molecular flexibility index (Phi) is 2.80. The number of carbonyl (C=O) groups is 1. The Hall–Kier alpha value is -0.870. The minimum Gasteiger partial charge on any atom is -0.481 e. The first-order chi connectivity index (χ1) is 7.09. The molecule has 80 valence electrons. The number of hydrogen-bond donors (Lipinski definition) is 2. The molecule has 3 N–H and O–H groups in total. The number of halogens is 1. The molecule has 0 saturated carbocycles. The van der Waals surface area contributed by atoms with Crippen molar-refractivity contribution >= 4 is 21.9 Å². The molecule has 3 nitrogen and oxygen atoms in total. The Morgan fingerprint density at radius 2 is 2.27 bits per heavy atom. The third-order valence-electron chi connectivity index (χ3n) is 2.88. The summed E-state index contributed by atoms with van der Waals surface area (Å²) < 4.78 is 0.987. The van der Waals surface area contributed by atoms with Gasteiger partial charge in [0, 0.05) is 10.5 Å². The standard InChI is InChI=1S/C11H12BrNO2/c12-7-2-3-8-6(5-7)1-4-9(13)10(8)11(14)15/h2-3,5,9-10H,1,4,13H2,(H,14,15). The van der Waals surface area contributed by atoms with Crippen LogP contribution in [-0.4, -0.2) is 17.1 Å². The van der Waals surface area contributed by atoms with E-state index in [1.54, 1.807) is 0 Å². The predicted molar refractivity (Wildman–Crippen MR) is 60.8 cm³/mol. The van der Waals surface area contributed by atoms with Crippen LogP contribution in [0.5, 0.6) is 0 Å². The van der Waals surface area contributed by atoms with Gasteiger partial charge in [-0.25, -0.2) is 0 Å². The van der Waals surface area contributed by atoms with Crippen molar-refractivity contribution in [2.45, 2.75) is 24.8 Å². The van der Waals surface area contributed by atoms with Gasteiger partial charge in [0.05, 0.1) is 5.92 Å². The first kappa shape index (κ1) is 10.6. The average Bonchev–Trinajstić information content (AvgIpc) is 2.17. The number of fused-ring (bicyclic) bond motifs is 1. The lowest BCUT2D eigenvalue weighted by atomic mass is 9.80. The summed E-state index contributed by atoms with van der Waals surface area (Å²) in [6, 6.07) is 5.44. The van der Waals surface area contributed by atoms with Gasteiger partial charge in [-0.1, -0.05) is 22.0 Å². The van der Waals surface area contributed by atoms with Crippen LogP contribution in [0.15, 0.2) is 22.7 Å². The summed E-state index contributed by atoms with van der Waals surface area (Å²) in [5, 5.41) is 9.13. The Balaban J connectivity index is 2.48. The van der Waals surface area contributed by atoms with Gasteiger partial charge in [-0.05, 0) is 36.1 Å². The number of benzene rings is 1. The molecule has 1 aliphatic carbocycles. The van der Waals surface area contributed by atoms with Gasteiger partial charge in [0.1, 0.15) is 0 Å². The molecule has 0 heterocycles. The Morgan fingerprint density at radius 1 is 1.53 bits per heavy atom. The SMILES string of the molecule is NC1CCc2cc(Br)ccc2C1C(=O)O. The molecule has 0 amide bonds. The fraction of sp³-hybridized carbons (Fsp3) is 0.364. The normalized spacial score (nSPS) is 24.7. The third kappa shape index (κ3) is 1.92. The Labute approximate surface area is 96.4 Å². The van der Waals surface area contributed by atoms with Crippen molar-refractivity contribution in [3.63, 3.8) is 0 Å². The van der Waals surface area contributed by atoms with Crippen molar-refractivity contribution in [1.29, 1.82) is 0 Å². The summed E-state index contributed by atoms with van der Waals surface area (Å²) in [6.45, 7) is 0. The van der Waals surface area contributed by atoms with E-state index in [0.29, 0.717) is 0 Å². The molecule has 0 bridgehead atoms. The summed E-state index contributed by atoms with van der Waals surface area (Å²) in [5.74, 6) is -1.38. The third-order valence-corrected chi connectivity index (χ3v) is 3.37. The second kappa shape index (κ2) is 3.94. The van der Waals surface area contributed by atoms with Crippen LogP contribution < -0.4 is 5.73 Å². The number of aryl methyl sites for hydroxylation is 1. The molecule has 1 aliphatic rings. The molecular formula is C11H12BrNO2. The van der Waals surface area contributed by atoms with Crippen LogP contribution in [0.25, 0.3) is 0 Å². The van der Waals surface area contributed by atoms with Crippen LogP contribution in [0.1, 0.15) is 23.5 Å². The smallest absolute Gasteiger partial charge is 0.312 e. The first-order valence-corrected chi connectivity index (χ1v) is 5.65. The maximum Gasteiger partial charge on any atom is 0.312 e. The largest absolute Gasteiger partial charge is 0.481 e. The van der Waals surface area contributed by atoms with Crippen molar-refractivity contribution in [3.05, 3.63) is 33.8 Å². The maximum absolute atomic E-state index is 11.1. The summed E-state index contributed by atoms with van der Waals surface area (Å²) in [6.07, 6.45) is 1.60. The highest BCUT2D eigenvalue weighted by Crippen LogP contribution is 2.32. The molecule has 2 rings (SSSR count). The Bertz CT molecular complexity index is 406. The molecule has 0 saturated heterocycles. The fourth-order valence-electron chi connectivity index (χ4n) is 2.13. The minimum absolute atomic E-state index is 0.267. The van der Waals surface area contributed by atoms with Gasteiger partial charge in [0.25, 0.3) is 0 Å². The molecule has 0 aliphatic heterocycles. The second-order valence-corrected chi connectivity index (χ2v) is 4.78. The highest BCUT2D eigenvalue weighted by atomic mass is 79.9. The molecule has 4 heteroatoms. The van der Waals surface area contributed by atoms with E-state index in [1.807, 2.05) is 18.2 Å². The summed E-state index contributed by atoms with van der Waals surface area (Å²) in [4.78, 5) is 11.1. The number of aliphatic carboxylic acids is 1. The van der Waals surface area contributed by atoms with Gasteiger partial charge in [-0.15, -0.1) is 0 Å². The molecule has 0 aromatic heterocycles. The molecule has 0 radical (unpaired) electrons. The quantitative estimate of drug-likeness (QED) is 0.819. The highest BCUT2D eigenvalue weighted by Gasteiger charge is 2.32. The van der Waals surface area contributed by atoms with E-state index in [9.17, 15) is 4.79 Å². The van der Waals surface area contributed by atoms with E-state index in [0.717, 1.165) is 28.4 Å². The minimum atomic E-state index is -0.828. The van der Waals surface area contributed by atoms with Gasteiger partial charge < -0.3 is 10.8 Å². The van der Waals surface area contributed by atoms with E-state index in [-0.39, 0.29) is 6.04 Å². The van der Waals surface area contributed by atoms with Crippen LogP contribution in [-0.2, 0) is 11.2 Å². The van der Waals surface area contributed by atoms with Crippen LogP contribution in [0, 0.1) is 0 Å². The van der Waals surface area contributed by atoms with Gasteiger partial charge in [-0.3, -0.25) is 4.79 Å². The van der Waals surface area contributed by atoms with Crippen LogP contribution in [0.3, 0.4) is 0 Å². The van der Waals surface area contributed by atoms with Gasteiger partial charge in [0.15, 0.2) is 0 Å². The van der Waals surface area contributed by atoms with Crippen molar-refractivity contribution in [2.75, 3.05) is 0 Å². The van der Waals surface area contributed by atoms with Gasteiger partial charge >= 0.3 is 5.97 Å². The predicted octanol–water partition coefficient (Wildman–Crippen LogP) is 1.89. The monoisotopic (exact) mass is 269 g/mol. The van der Waals surface area contributed by atoms with Crippen molar-refractivity contribution in [1.82, 2.24) is 0 Å². The summed E-state index contributed by atoms with van der Waals surface area (Å²) >= 11 is 3.38. The molecule has 15 heavy (non-hydrogen) atoms. The molecule has 1 aromatic rings. The fourth-order valence-corrected chi connectivity index (χ4v) is 2.54. The number of hydrogen-bond acceptors (Lipinski definition) is 2. The lowest BCUT2D eigenvalue weighted by molar-refractivity contribution is -0.139. The molecule has 1 aromatic carbocycles. The lowest BCUT2D eigenvalue weighted by Crippen LogP contribution is -2.37. The van der Waals surface area contributed by atoms with E-state index in [4.69, 9.17) is 10.8 Å². The zero-order valence-corrected chi connectivity index (χ0v) is 9.70. The second-order valence-electron chi connectivity index (χ2n) is 3.86. The van der Waals surface area contributed by atoms with Gasteiger partial charge in [0.2, 0.25) is 0 Å². The van der Waals surface area contributed by atoms with Crippen LogP contribution in [0.4, 0.5) is 0 Å². The van der Waals surface area contributed by atoms with E-state index in [1.165, 1.54) is 0 Å². The lowest BCUT2D eigenvalue weighted by Gasteiger charge is -2.28. The first-order valence-electron chi connectivity index (χ1n) is 4.86. The van der Waals surface area contributed by atoms with E-state index in [2.05, 4.69) is 15.9 Å². The zero-order chi connectivity index (χ0) is 11.0. The zero-order valence-electron chi connectivity index (χ0n) is 8.11. The number of nitrogens with two attached hydrogens (primary N) is 1. The number of rotatable bonds is 1. The highest BCUT2D eigenvalue weighted by molar-refractivity contribution is 9.10. The topological polar surface area (TPSA) is 63.3 Å². The van der Waals surface area contributed by atoms with Gasteiger partial charge in [-0.2, -0.15) is 0 Å². The van der Waals surface area contributed by atoms with Crippen molar-refractivity contribution in [3.8, 4) is 0 Å². The number of carboxylic acid groups (broad SMARTS) is 1. The summed E-state index contributed by atoms with van der Waals surface area (Å²) in [7, 11) is 0. The van der Waals surface area contributed by atoms with E-state index < -0.39 is 11.9 Å². The van der Waals surface area contributed by atoms with Crippen molar-refractivity contribution in [2.24, 2.45) is 5.73 Å². The Morgan fingerprint density at radius 3 is 2.93 bits per heavy atom.